The van der Waals surface area contributed by atoms with Gasteiger partial charge in [0, 0.05) is 30.2 Å². The molecule has 2 aromatic heterocycles. The van der Waals surface area contributed by atoms with Gasteiger partial charge in [-0.15, -0.1) is 0 Å². The summed E-state index contributed by atoms with van der Waals surface area (Å²) in [6.45, 7) is 8.19. The molecule has 0 aromatic carbocycles. The molecule has 102 valence electrons. The molecule has 0 unspecified atom stereocenters. The lowest BCUT2D eigenvalue weighted by Crippen LogP contribution is -2.15. The predicted octanol–water partition coefficient (Wildman–Crippen LogP) is 2.50. The van der Waals surface area contributed by atoms with Crippen LogP contribution in [-0.4, -0.2) is 21.3 Å². The van der Waals surface area contributed by atoms with Gasteiger partial charge < -0.3 is 5.32 Å². The Morgan fingerprint density at radius 3 is 2.74 bits per heavy atom. The van der Waals surface area contributed by atoms with Gasteiger partial charge in [-0.05, 0) is 31.5 Å². The van der Waals surface area contributed by atoms with E-state index in [0.717, 1.165) is 37.3 Å². The molecule has 4 nitrogen and oxygen atoms in total. The minimum absolute atomic E-state index is 0.824. The van der Waals surface area contributed by atoms with E-state index in [2.05, 4.69) is 41.8 Å². The van der Waals surface area contributed by atoms with Gasteiger partial charge in [0.15, 0.2) is 0 Å². The third-order valence-electron chi connectivity index (χ3n) is 3.23. The summed E-state index contributed by atoms with van der Waals surface area (Å²) in [6, 6.07) is 4.23. The molecule has 1 N–H and O–H groups in total. The maximum absolute atomic E-state index is 4.70. The summed E-state index contributed by atoms with van der Waals surface area (Å²) in [4.78, 5) is 4.23. The van der Waals surface area contributed by atoms with Crippen LogP contribution >= 0.6 is 0 Å². The topological polar surface area (TPSA) is 42.7 Å². The lowest BCUT2D eigenvalue weighted by molar-refractivity contribution is 0.706. The van der Waals surface area contributed by atoms with Crippen LogP contribution in [0.25, 0.3) is 5.69 Å². The number of hydrogen-bond donors (Lipinski definition) is 1. The third kappa shape index (κ3) is 3.01. The number of aromatic nitrogens is 3. The van der Waals surface area contributed by atoms with Gasteiger partial charge in [-0.2, -0.15) is 5.10 Å². The van der Waals surface area contributed by atoms with Crippen LogP contribution in [0.3, 0.4) is 0 Å². The van der Waals surface area contributed by atoms with E-state index in [1.807, 2.05) is 18.5 Å². The van der Waals surface area contributed by atoms with Crippen LogP contribution in [0.5, 0.6) is 0 Å². The first-order valence-corrected chi connectivity index (χ1v) is 7.01. The van der Waals surface area contributed by atoms with Gasteiger partial charge in [0.1, 0.15) is 0 Å². The van der Waals surface area contributed by atoms with Crippen LogP contribution in [0.2, 0.25) is 0 Å². The molecule has 2 heterocycles. The van der Waals surface area contributed by atoms with Crippen molar-refractivity contribution in [1.82, 2.24) is 20.1 Å². The summed E-state index contributed by atoms with van der Waals surface area (Å²) in [6.07, 6.45) is 5.70. The van der Waals surface area contributed by atoms with Crippen molar-refractivity contribution < 1.29 is 0 Å². The van der Waals surface area contributed by atoms with Crippen LogP contribution in [0.15, 0.2) is 24.5 Å². The van der Waals surface area contributed by atoms with Crippen molar-refractivity contribution >= 4 is 0 Å². The number of aryl methyl sites for hydroxylation is 2. The fraction of sp³-hybridized carbons (Fsp3) is 0.467. The summed E-state index contributed by atoms with van der Waals surface area (Å²) >= 11 is 0. The molecule has 0 aliphatic heterocycles. The average molecular weight is 258 g/mol. The van der Waals surface area contributed by atoms with E-state index in [1.165, 1.54) is 11.3 Å². The first-order valence-electron chi connectivity index (χ1n) is 7.01. The summed E-state index contributed by atoms with van der Waals surface area (Å²) in [5, 5.41) is 8.05. The fourth-order valence-electron chi connectivity index (χ4n) is 2.13. The van der Waals surface area contributed by atoms with Crippen molar-refractivity contribution in [2.45, 2.75) is 40.2 Å². The normalized spacial score (nSPS) is 10.9. The van der Waals surface area contributed by atoms with Gasteiger partial charge in [-0.25, -0.2) is 4.68 Å². The Bertz CT molecular complexity index is 531. The second-order valence-electron chi connectivity index (χ2n) is 4.53. The summed E-state index contributed by atoms with van der Waals surface area (Å²) in [5.41, 5.74) is 4.71. The second kappa shape index (κ2) is 6.48. The second-order valence-corrected chi connectivity index (χ2v) is 4.53. The maximum Gasteiger partial charge on any atom is 0.0724 e. The van der Waals surface area contributed by atoms with Crippen molar-refractivity contribution in [3.63, 3.8) is 0 Å². The molecule has 0 aliphatic carbocycles. The lowest BCUT2D eigenvalue weighted by atomic mass is 10.2. The first-order chi connectivity index (χ1) is 9.30. The van der Waals surface area contributed by atoms with Crippen LogP contribution in [-0.2, 0) is 19.4 Å². The fourth-order valence-corrected chi connectivity index (χ4v) is 2.13. The predicted molar refractivity (Wildman–Crippen MR) is 77.5 cm³/mol. The number of hydrogen-bond acceptors (Lipinski definition) is 3. The Morgan fingerprint density at radius 2 is 2.05 bits per heavy atom. The van der Waals surface area contributed by atoms with E-state index >= 15 is 0 Å². The van der Waals surface area contributed by atoms with Crippen molar-refractivity contribution in [3.8, 4) is 5.69 Å². The van der Waals surface area contributed by atoms with E-state index in [1.54, 1.807) is 0 Å². The van der Waals surface area contributed by atoms with Gasteiger partial charge in [-0.1, -0.05) is 20.8 Å². The molecule has 19 heavy (non-hydrogen) atoms. The number of rotatable bonds is 6. The van der Waals surface area contributed by atoms with E-state index in [0.29, 0.717) is 0 Å². The van der Waals surface area contributed by atoms with Gasteiger partial charge in [0.05, 0.1) is 11.4 Å². The molecule has 0 spiro atoms. The highest BCUT2D eigenvalue weighted by atomic mass is 15.3. The minimum Gasteiger partial charge on any atom is -0.313 e. The zero-order valence-corrected chi connectivity index (χ0v) is 12.0. The molecule has 0 fully saturated rings. The summed E-state index contributed by atoms with van der Waals surface area (Å²) < 4.78 is 2.06. The van der Waals surface area contributed by atoms with Crippen molar-refractivity contribution in [3.05, 3.63) is 41.5 Å². The summed E-state index contributed by atoms with van der Waals surface area (Å²) in [5.74, 6) is 0. The van der Waals surface area contributed by atoms with Gasteiger partial charge in [-0.3, -0.25) is 4.98 Å². The van der Waals surface area contributed by atoms with E-state index < -0.39 is 0 Å². The molecule has 4 heteroatoms. The van der Waals surface area contributed by atoms with Crippen LogP contribution in [0.4, 0.5) is 0 Å². The molecular weight excluding hydrogens is 236 g/mol. The van der Waals surface area contributed by atoms with Gasteiger partial charge in [0.2, 0.25) is 0 Å². The standard InChI is InChI=1S/C15H22N4/c1-4-13-9-14(5-2)19(18-13)15-7-8-17-11-12(15)10-16-6-3/h7-9,11,16H,4-6,10H2,1-3H3. The molecule has 0 amide bonds. The molecule has 2 rings (SSSR count). The smallest absolute Gasteiger partial charge is 0.0724 e. The summed E-state index contributed by atoms with van der Waals surface area (Å²) in [7, 11) is 0. The van der Waals surface area contributed by atoms with E-state index in [-0.39, 0.29) is 0 Å². The van der Waals surface area contributed by atoms with E-state index in [4.69, 9.17) is 5.10 Å². The minimum atomic E-state index is 0.824. The number of nitrogens with one attached hydrogen (secondary N) is 1. The largest absolute Gasteiger partial charge is 0.313 e. The van der Waals surface area contributed by atoms with Crippen molar-refractivity contribution in [2.24, 2.45) is 0 Å². The van der Waals surface area contributed by atoms with Crippen molar-refractivity contribution in [1.29, 1.82) is 0 Å². The molecule has 0 saturated heterocycles. The quantitative estimate of drug-likeness (QED) is 0.865. The molecule has 0 radical (unpaired) electrons. The lowest BCUT2D eigenvalue weighted by Gasteiger charge is -2.11. The number of pyridine rings is 1. The molecule has 0 saturated carbocycles. The monoisotopic (exact) mass is 258 g/mol. The molecule has 2 aromatic rings. The Balaban J connectivity index is 2.42. The van der Waals surface area contributed by atoms with Crippen LogP contribution in [0.1, 0.15) is 37.7 Å². The Morgan fingerprint density at radius 1 is 1.21 bits per heavy atom. The maximum atomic E-state index is 4.70. The molecule has 0 bridgehead atoms. The first kappa shape index (κ1) is 13.7. The van der Waals surface area contributed by atoms with Crippen molar-refractivity contribution in [2.75, 3.05) is 6.54 Å². The van der Waals surface area contributed by atoms with E-state index in [9.17, 15) is 0 Å². The Hall–Kier alpha value is -1.68. The molecule has 0 atom stereocenters. The SMILES string of the molecule is CCNCc1cnccc1-n1nc(CC)cc1CC. The van der Waals surface area contributed by atoms with Crippen LogP contribution in [0, 0.1) is 0 Å². The zero-order chi connectivity index (χ0) is 13.7. The third-order valence-corrected chi connectivity index (χ3v) is 3.23. The van der Waals surface area contributed by atoms with Gasteiger partial charge in [0.25, 0.3) is 0 Å². The highest BCUT2D eigenvalue weighted by Gasteiger charge is 2.10. The molecular formula is C15H22N4. The molecule has 0 aliphatic rings. The number of nitrogens with zero attached hydrogens (tertiary/aromatic N) is 3. The van der Waals surface area contributed by atoms with Crippen LogP contribution < -0.4 is 5.32 Å². The highest BCUT2D eigenvalue weighted by Crippen LogP contribution is 2.17. The Kier molecular flexibility index (Phi) is 4.68. The average Bonchev–Trinajstić information content (AvgIpc) is 2.88. The highest BCUT2D eigenvalue weighted by molar-refractivity contribution is 5.40. The Labute approximate surface area is 114 Å². The van der Waals surface area contributed by atoms with Gasteiger partial charge >= 0.3 is 0 Å². The zero-order valence-electron chi connectivity index (χ0n) is 12.0.